The molecule has 1 amide bonds. The average Bonchev–Trinajstić information content (AvgIpc) is 2.72. The molecule has 3 aromatic rings. The number of amides is 1. The highest BCUT2D eigenvalue weighted by atomic mass is 16.5. The van der Waals surface area contributed by atoms with E-state index in [-0.39, 0.29) is 5.91 Å². The van der Waals surface area contributed by atoms with E-state index in [4.69, 9.17) is 14.5 Å². The van der Waals surface area contributed by atoms with Crippen LogP contribution >= 0.6 is 0 Å². The van der Waals surface area contributed by atoms with E-state index in [1.54, 1.807) is 0 Å². The molecule has 0 spiro atoms. The SMILES string of the molecule is CC(=O)Nc1ccc2c(OCc3ccccc3)nc(N3CCOCC3)nc2c1. The van der Waals surface area contributed by atoms with Gasteiger partial charge in [-0.25, -0.2) is 4.98 Å². The Labute approximate surface area is 163 Å². The molecule has 2 aromatic carbocycles. The smallest absolute Gasteiger partial charge is 0.229 e. The van der Waals surface area contributed by atoms with Gasteiger partial charge in [-0.2, -0.15) is 4.98 Å². The summed E-state index contributed by atoms with van der Waals surface area (Å²) in [6.07, 6.45) is 0. The number of fused-ring (bicyclic) bond motifs is 1. The van der Waals surface area contributed by atoms with Gasteiger partial charge >= 0.3 is 0 Å². The molecular formula is C21H22N4O3. The Kier molecular flexibility index (Phi) is 5.34. The number of anilines is 2. The number of carbonyl (C=O) groups excluding carboxylic acids is 1. The minimum atomic E-state index is -0.123. The molecule has 1 saturated heterocycles. The van der Waals surface area contributed by atoms with E-state index in [9.17, 15) is 4.79 Å². The van der Waals surface area contributed by atoms with Crippen molar-refractivity contribution in [3.63, 3.8) is 0 Å². The molecule has 0 aliphatic carbocycles. The summed E-state index contributed by atoms with van der Waals surface area (Å²) in [5.41, 5.74) is 2.49. The molecule has 1 N–H and O–H groups in total. The van der Waals surface area contributed by atoms with Gasteiger partial charge in [0.2, 0.25) is 17.7 Å². The third-order valence-corrected chi connectivity index (χ3v) is 4.48. The van der Waals surface area contributed by atoms with E-state index < -0.39 is 0 Å². The Hall–Kier alpha value is -3.19. The number of morpholine rings is 1. The first-order valence-electron chi connectivity index (χ1n) is 9.28. The van der Waals surface area contributed by atoms with Crippen LogP contribution in [0.1, 0.15) is 12.5 Å². The number of nitrogens with one attached hydrogen (secondary N) is 1. The third kappa shape index (κ3) is 4.20. The molecule has 144 valence electrons. The summed E-state index contributed by atoms with van der Waals surface area (Å²) in [4.78, 5) is 22.9. The van der Waals surface area contributed by atoms with Crippen LogP contribution in [-0.2, 0) is 16.1 Å². The van der Waals surface area contributed by atoms with Gasteiger partial charge in [-0.3, -0.25) is 4.79 Å². The normalized spacial score (nSPS) is 14.1. The second-order valence-electron chi connectivity index (χ2n) is 6.62. The monoisotopic (exact) mass is 378 g/mol. The summed E-state index contributed by atoms with van der Waals surface area (Å²) in [6, 6.07) is 15.5. The Morgan fingerprint density at radius 1 is 1.14 bits per heavy atom. The lowest BCUT2D eigenvalue weighted by molar-refractivity contribution is -0.114. The quantitative estimate of drug-likeness (QED) is 0.736. The van der Waals surface area contributed by atoms with Crippen molar-refractivity contribution in [2.24, 2.45) is 0 Å². The standard InChI is InChI=1S/C21H22N4O3/c1-15(26)22-17-7-8-18-19(13-17)23-21(25-9-11-27-12-10-25)24-20(18)28-14-16-5-3-2-4-6-16/h2-8,13H,9-12,14H2,1H3,(H,22,26). The predicted molar refractivity (Wildman–Crippen MR) is 108 cm³/mol. The van der Waals surface area contributed by atoms with Gasteiger partial charge in [0.05, 0.1) is 24.1 Å². The maximum atomic E-state index is 11.4. The Balaban J connectivity index is 1.70. The van der Waals surface area contributed by atoms with E-state index >= 15 is 0 Å². The highest BCUT2D eigenvalue weighted by molar-refractivity contribution is 5.93. The molecule has 0 saturated carbocycles. The number of benzene rings is 2. The number of ether oxygens (including phenoxy) is 2. The number of hydrogen-bond acceptors (Lipinski definition) is 6. The fraction of sp³-hybridized carbons (Fsp3) is 0.286. The molecule has 4 rings (SSSR count). The van der Waals surface area contributed by atoms with Crippen LogP contribution in [0.2, 0.25) is 0 Å². The molecule has 2 heterocycles. The van der Waals surface area contributed by atoms with Gasteiger partial charge in [0.1, 0.15) is 6.61 Å². The molecule has 7 heteroatoms. The van der Waals surface area contributed by atoms with E-state index in [1.165, 1.54) is 6.92 Å². The van der Waals surface area contributed by atoms with E-state index in [0.717, 1.165) is 29.6 Å². The zero-order valence-electron chi connectivity index (χ0n) is 15.7. The van der Waals surface area contributed by atoms with Crippen LogP contribution in [-0.4, -0.2) is 42.2 Å². The molecule has 0 radical (unpaired) electrons. The maximum absolute atomic E-state index is 11.4. The highest BCUT2D eigenvalue weighted by Crippen LogP contribution is 2.28. The van der Waals surface area contributed by atoms with Gasteiger partial charge in [0.15, 0.2) is 0 Å². The third-order valence-electron chi connectivity index (χ3n) is 4.48. The molecule has 0 unspecified atom stereocenters. The number of hydrogen-bond donors (Lipinski definition) is 1. The topological polar surface area (TPSA) is 76.6 Å². The van der Waals surface area contributed by atoms with Crippen LogP contribution < -0.4 is 15.0 Å². The Morgan fingerprint density at radius 3 is 2.68 bits per heavy atom. The lowest BCUT2D eigenvalue weighted by Gasteiger charge is -2.27. The lowest BCUT2D eigenvalue weighted by Crippen LogP contribution is -2.37. The Morgan fingerprint density at radius 2 is 1.93 bits per heavy atom. The first kappa shape index (κ1) is 18.2. The van der Waals surface area contributed by atoms with Crippen molar-refractivity contribution < 1.29 is 14.3 Å². The van der Waals surface area contributed by atoms with Gasteiger partial charge in [0, 0.05) is 25.7 Å². The van der Waals surface area contributed by atoms with Crippen molar-refractivity contribution >= 4 is 28.4 Å². The van der Waals surface area contributed by atoms with Crippen molar-refractivity contribution in [2.45, 2.75) is 13.5 Å². The van der Waals surface area contributed by atoms with Gasteiger partial charge < -0.3 is 19.7 Å². The average molecular weight is 378 g/mol. The first-order chi connectivity index (χ1) is 13.7. The van der Waals surface area contributed by atoms with E-state index in [0.29, 0.717) is 37.3 Å². The number of rotatable bonds is 5. The van der Waals surface area contributed by atoms with Crippen molar-refractivity contribution in [3.05, 3.63) is 54.1 Å². The van der Waals surface area contributed by atoms with Crippen LogP contribution in [0.25, 0.3) is 10.9 Å². The number of nitrogens with zero attached hydrogens (tertiary/aromatic N) is 3. The zero-order valence-corrected chi connectivity index (χ0v) is 15.7. The van der Waals surface area contributed by atoms with E-state index in [1.807, 2.05) is 48.5 Å². The van der Waals surface area contributed by atoms with Crippen LogP contribution in [0.5, 0.6) is 5.88 Å². The van der Waals surface area contributed by atoms with Crippen molar-refractivity contribution in [1.29, 1.82) is 0 Å². The van der Waals surface area contributed by atoms with Crippen molar-refractivity contribution in [3.8, 4) is 5.88 Å². The minimum Gasteiger partial charge on any atom is -0.472 e. The summed E-state index contributed by atoms with van der Waals surface area (Å²) in [5.74, 6) is 1.02. The van der Waals surface area contributed by atoms with Gasteiger partial charge in [-0.1, -0.05) is 30.3 Å². The van der Waals surface area contributed by atoms with Gasteiger partial charge in [0.25, 0.3) is 0 Å². The molecule has 0 bridgehead atoms. The fourth-order valence-electron chi connectivity index (χ4n) is 3.11. The van der Waals surface area contributed by atoms with E-state index in [2.05, 4.69) is 15.2 Å². The Bertz CT molecular complexity index is 972. The van der Waals surface area contributed by atoms with Crippen molar-refractivity contribution in [1.82, 2.24) is 9.97 Å². The molecule has 7 nitrogen and oxygen atoms in total. The summed E-state index contributed by atoms with van der Waals surface area (Å²) < 4.78 is 11.5. The molecule has 1 aromatic heterocycles. The zero-order chi connectivity index (χ0) is 19.3. The van der Waals surface area contributed by atoms with Crippen LogP contribution in [0, 0.1) is 0 Å². The predicted octanol–water partition coefficient (Wildman–Crippen LogP) is 3.00. The number of aromatic nitrogens is 2. The molecular weight excluding hydrogens is 356 g/mol. The first-order valence-corrected chi connectivity index (χ1v) is 9.28. The molecule has 1 fully saturated rings. The fourth-order valence-corrected chi connectivity index (χ4v) is 3.11. The molecule has 1 aliphatic rings. The summed E-state index contributed by atoms with van der Waals surface area (Å²) in [7, 11) is 0. The maximum Gasteiger partial charge on any atom is 0.229 e. The van der Waals surface area contributed by atoms with Crippen LogP contribution in [0.3, 0.4) is 0 Å². The minimum absolute atomic E-state index is 0.123. The van der Waals surface area contributed by atoms with Crippen LogP contribution in [0.15, 0.2) is 48.5 Å². The van der Waals surface area contributed by atoms with Gasteiger partial charge in [-0.15, -0.1) is 0 Å². The summed E-state index contributed by atoms with van der Waals surface area (Å²) >= 11 is 0. The molecule has 28 heavy (non-hydrogen) atoms. The second-order valence-corrected chi connectivity index (χ2v) is 6.62. The second kappa shape index (κ2) is 8.22. The molecule has 1 aliphatic heterocycles. The van der Waals surface area contributed by atoms with Crippen LogP contribution in [0.4, 0.5) is 11.6 Å². The summed E-state index contributed by atoms with van der Waals surface area (Å²) in [5, 5.41) is 3.61. The lowest BCUT2D eigenvalue weighted by atomic mass is 10.2. The summed E-state index contributed by atoms with van der Waals surface area (Å²) in [6.45, 7) is 4.66. The largest absolute Gasteiger partial charge is 0.472 e. The highest BCUT2D eigenvalue weighted by Gasteiger charge is 2.18. The molecule has 0 atom stereocenters. The van der Waals surface area contributed by atoms with Gasteiger partial charge in [-0.05, 0) is 23.8 Å². The van der Waals surface area contributed by atoms with Crippen molar-refractivity contribution in [2.75, 3.05) is 36.5 Å². The number of carbonyl (C=O) groups is 1.